The van der Waals surface area contributed by atoms with Gasteiger partial charge < -0.3 is 4.74 Å². The van der Waals surface area contributed by atoms with E-state index in [2.05, 4.69) is 0 Å². The van der Waals surface area contributed by atoms with Crippen LogP contribution in [0.1, 0.15) is 6.42 Å². The number of benzene rings is 1. The lowest BCUT2D eigenvalue weighted by atomic mass is 10.3. The number of halogens is 2. The largest absolute Gasteiger partial charge is 0.491 e. The molecule has 0 saturated carbocycles. The summed E-state index contributed by atoms with van der Waals surface area (Å²) >= 11 is 5.70. The van der Waals surface area contributed by atoms with Gasteiger partial charge in [0.05, 0.1) is 17.5 Å². The molecule has 1 aromatic rings. The normalized spacial score (nSPS) is 9.31. The van der Waals surface area contributed by atoms with Crippen molar-refractivity contribution in [3.63, 3.8) is 0 Å². The van der Waals surface area contributed by atoms with Crippen molar-refractivity contribution in [2.24, 2.45) is 0 Å². The molecule has 4 heteroatoms. The molecular weight excluding hydrogens is 193 g/mol. The Kier molecular flexibility index (Phi) is 3.53. The van der Waals surface area contributed by atoms with Gasteiger partial charge in [0.15, 0.2) is 0 Å². The third kappa shape index (κ3) is 2.92. The maximum absolute atomic E-state index is 12.7. The van der Waals surface area contributed by atoms with Gasteiger partial charge in [-0.05, 0) is 12.1 Å². The van der Waals surface area contributed by atoms with Crippen molar-refractivity contribution in [3.05, 3.63) is 29.0 Å². The van der Waals surface area contributed by atoms with Gasteiger partial charge in [-0.1, -0.05) is 11.6 Å². The Balaban J connectivity index is 2.65. The molecule has 0 aliphatic carbocycles. The second kappa shape index (κ2) is 4.68. The first-order chi connectivity index (χ1) is 6.24. The molecule has 0 unspecified atom stereocenters. The van der Waals surface area contributed by atoms with Crippen molar-refractivity contribution in [2.75, 3.05) is 6.61 Å². The zero-order valence-corrected chi connectivity index (χ0v) is 7.51. The first kappa shape index (κ1) is 9.82. The number of nitrogens with zero attached hydrogens (tertiary/aromatic N) is 1. The van der Waals surface area contributed by atoms with Crippen LogP contribution >= 0.6 is 11.6 Å². The van der Waals surface area contributed by atoms with Crippen molar-refractivity contribution in [3.8, 4) is 11.8 Å². The van der Waals surface area contributed by atoms with Gasteiger partial charge in [-0.25, -0.2) is 4.39 Å². The smallest absolute Gasteiger partial charge is 0.140 e. The Morgan fingerprint density at radius 1 is 1.54 bits per heavy atom. The molecule has 13 heavy (non-hydrogen) atoms. The SMILES string of the molecule is N#CCCOc1cc(F)ccc1Cl. The number of hydrogen-bond donors (Lipinski definition) is 0. The van der Waals surface area contributed by atoms with Gasteiger partial charge in [-0.2, -0.15) is 5.26 Å². The van der Waals surface area contributed by atoms with Crippen LogP contribution in [0.5, 0.6) is 5.75 Å². The number of ether oxygens (including phenoxy) is 1. The summed E-state index contributed by atoms with van der Waals surface area (Å²) in [7, 11) is 0. The zero-order chi connectivity index (χ0) is 9.68. The van der Waals surface area contributed by atoms with Crippen molar-refractivity contribution >= 4 is 11.6 Å². The van der Waals surface area contributed by atoms with Crippen LogP contribution in [0.25, 0.3) is 0 Å². The molecule has 0 saturated heterocycles. The summed E-state index contributed by atoms with van der Waals surface area (Å²) in [6.45, 7) is 0.222. The minimum Gasteiger partial charge on any atom is -0.491 e. The average Bonchev–Trinajstić information content (AvgIpc) is 2.11. The molecule has 0 radical (unpaired) electrons. The summed E-state index contributed by atoms with van der Waals surface area (Å²) in [5.74, 6) is -0.131. The van der Waals surface area contributed by atoms with Crippen LogP contribution in [-0.2, 0) is 0 Å². The van der Waals surface area contributed by atoms with E-state index in [-0.39, 0.29) is 18.8 Å². The molecule has 0 amide bonds. The van der Waals surface area contributed by atoms with E-state index in [4.69, 9.17) is 21.6 Å². The van der Waals surface area contributed by atoms with Crippen molar-refractivity contribution in [2.45, 2.75) is 6.42 Å². The molecule has 0 aliphatic heterocycles. The second-order valence-corrected chi connectivity index (χ2v) is 2.74. The number of rotatable bonds is 3. The van der Waals surface area contributed by atoms with E-state index in [0.29, 0.717) is 5.02 Å². The predicted octanol–water partition coefficient (Wildman–Crippen LogP) is 2.77. The zero-order valence-electron chi connectivity index (χ0n) is 6.76. The van der Waals surface area contributed by atoms with Gasteiger partial charge >= 0.3 is 0 Å². The highest BCUT2D eigenvalue weighted by Crippen LogP contribution is 2.24. The fourth-order valence-electron chi connectivity index (χ4n) is 0.794. The highest BCUT2D eigenvalue weighted by Gasteiger charge is 2.02. The van der Waals surface area contributed by atoms with Crippen LogP contribution in [0, 0.1) is 17.1 Å². The van der Waals surface area contributed by atoms with Gasteiger partial charge in [0.1, 0.15) is 18.2 Å². The summed E-state index contributed by atoms with van der Waals surface area (Å²) < 4.78 is 17.7. The van der Waals surface area contributed by atoms with E-state index < -0.39 is 5.82 Å². The first-order valence-corrected chi connectivity index (χ1v) is 4.06. The molecule has 0 fully saturated rings. The molecule has 1 rings (SSSR count). The van der Waals surface area contributed by atoms with Gasteiger partial charge in [0, 0.05) is 6.07 Å². The minimum atomic E-state index is -0.406. The Bertz CT molecular complexity index is 335. The molecule has 0 heterocycles. The van der Waals surface area contributed by atoms with Crippen LogP contribution in [0.4, 0.5) is 4.39 Å². The lowest BCUT2D eigenvalue weighted by molar-refractivity contribution is 0.325. The van der Waals surface area contributed by atoms with Gasteiger partial charge in [-0.3, -0.25) is 0 Å². The summed E-state index contributed by atoms with van der Waals surface area (Å²) in [6, 6.07) is 5.77. The number of nitriles is 1. The quantitative estimate of drug-likeness (QED) is 0.702. The second-order valence-electron chi connectivity index (χ2n) is 2.33. The summed E-state index contributed by atoms with van der Waals surface area (Å²) in [6.07, 6.45) is 0.257. The highest BCUT2D eigenvalue weighted by molar-refractivity contribution is 6.32. The number of hydrogen-bond acceptors (Lipinski definition) is 2. The molecular formula is C9H7ClFNO. The average molecular weight is 200 g/mol. The third-order valence-corrected chi connectivity index (χ3v) is 1.68. The lowest BCUT2D eigenvalue weighted by Crippen LogP contribution is -1.96. The van der Waals surface area contributed by atoms with Crippen LogP contribution in [-0.4, -0.2) is 6.61 Å². The molecule has 0 N–H and O–H groups in total. The van der Waals surface area contributed by atoms with Crippen LogP contribution in [0.2, 0.25) is 5.02 Å². The molecule has 0 bridgehead atoms. The van der Waals surface area contributed by atoms with Gasteiger partial charge in [0.25, 0.3) is 0 Å². The maximum Gasteiger partial charge on any atom is 0.140 e. The van der Waals surface area contributed by atoms with Crippen LogP contribution in [0.3, 0.4) is 0 Å². The van der Waals surface area contributed by atoms with E-state index in [0.717, 1.165) is 0 Å². The maximum atomic E-state index is 12.7. The molecule has 1 aromatic carbocycles. The van der Waals surface area contributed by atoms with Gasteiger partial charge in [0.2, 0.25) is 0 Å². The predicted molar refractivity (Wildman–Crippen MR) is 47.1 cm³/mol. The standard InChI is InChI=1S/C9H7ClFNO/c10-8-3-2-7(11)6-9(8)13-5-1-4-12/h2-3,6H,1,5H2. The first-order valence-electron chi connectivity index (χ1n) is 3.69. The van der Waals surface area contributed by atoms with E-state index in [1.54, 1.807) is 0 Å². The molecule has 0 atom stereocenters. The summed E-state index contributed by atoms with van der Waals surface area (Å²) in [5, 5.41) is 8.58. The molecule has 68 valence electrons. The topological polar surface area (TPSA) is 33.0 Å². The van der Waals surface area contributed by atoms with Crippen LogP contribution < -0.4 is 4.74 Å². The monoisotopic (exact) mass is 199 g/mol. The third-order valence-electron chi connectivity index (χ3n) is 1.36. The van der Waals surface area contributed by atoms with Crippen molar-refractivity contribution in [1.82, 2.24) is 0 Å². The minimum absolute atomic E-state index is 0.222. The highest BCUT2D eigenvalue weighted by atomic mass is 35.5. The lowest BCUT2D eigenvalue weighted by Gasteiger charge is -2.05. The van der Waals surface area contributed by atoms with Crippen molar-refractivity contribution < 1.29 is 9.13 Å². The van der Waals surface area contributed by atoms with E-state index >= 15 is 0 Å². The van der Waals surface area contributed by atoms with Crippen LogP contribution in [0.15, 0.2) is 18.2 Å². The molecule has 0 spiro atoms. The Labute approximate surface area is 80.5 Å². The fourth-order valence-corrected chi connectivity index (χ4v) is 0.967. The van der Waals surface area contributed by atoms with Gasteiger partial charge in [-0.15, -0.1) is 0 Å². The fraction of sp³-hybridized carbons (Fsp3) is 0.222. The Morgan fingerprint density at radius 3 is 3.00 bits per heavy atom. The van der Waals surface area contributed by atoms with E-state index in [1.165, 1.54) is 18.2 Å². The van der Waals surface area contributed by atoms with Crippen molar-refractivity contribution in [1.29, 1.82) is 5.26 Å². The summed E-state index contributed by atoms with van der Waals surface area (Å²) in [5.41, 5.74) is 0. The Morgan fingerprint density at radius 2 is 2.31 bits per heavy atom. The van der Waals surface area contributed by atoms with E-state index in [1.807, 2.05) is 6.07 Å². The molecule has 0 aliphatic rings. The molecule has 0 aromatic heterocycles. The summed E-state index contributed by atoms with van der Waals surface area (Å²) in [4.78, 5) is 0. The Hall–Kier alpha value is -1.27. The van der Waals surface area contributed by atoms with E-state index in [9.17, 15) is 4.39 Å². The molecule has 2 nitrogen and oxygen atoms in total.